The van der Waals surface area contributed by atoms with Crippen LogP contribution < -0.4 is 10.2 Å². The molecule has 2 rings (SSSR count). The van der Waals surface area contributed by atoms with Gasteiger partial charge < -0.3 is 19.7 Å². The fourth-order valence-electron chi connectivity index (χ4n) is 2.23. The second kappa shape index (κ2) is 6.41. The molecule has 1 saturated carbocycles. The van der Waals surface area contributed by atoms with Gasteiger partial charge in [0.1, 0.15) is 12.4 Å². The average Bonchev–Trinajstić information content (AvgIpc) is 3.05. The molecule has 5 heteroatoms. The molecule has 0 saturated heterocycles. The van der Waals surface area contributed by atoms with Crippen LogP contribution in [-0.4, -0.2) is 48.8 Å². The lowest BCUT2D eigenvalue weighted by atomic mass is 9.80. The maximum atomic E-state index is 9.08. The molecule has 0 bridgehead atoms. The summed E-state index contributed by atoms with van der Waals surface area (Å²) in [6.07, 6.45) is 1.35. The van der Waals surface area contributed by atoms with Crippen LogP contribution in [0, 0.1) is 11.8 Å². The number of benzene rings is 1. The van der Waals surface area contributed by atoms with Crippen LogP contribution in [0.2, 0.25) is 0 Å². The van der Waals surface area contributed by atoms with Crippen molar-refractivity contribution in [1.29, 1.82) is 0 Å². The molecule has 0 aliphatic heterocycles. The summed E-state index contributed by atoms with van der Waals surface area (Å²) in [6, 6.07) is 6.92. The second-order valence-electron chi connectivity index (χ2n) is 5.53. The Morgan fingerprint density at radius 1 is 1.42 bits per heavy atom. The van der Waals surface area contributed by atoms with Crippen LogP contribution in [0.5, 0.6) is 5.75 Å². The van der Waals surface area contributed by atoms with Crippen LogP contribution in [0.15, 0.2) is 24.3 Å². The molecule has 0 heterocycles. The Labute approximate surface area is 115 Å². The third kappa shape index (κ3) is 4.53. The highest BCUT2D eigenvalue weighted by atomic mass is 16.5. The molecule has 2 N–H and O–H groups in total. The van der Waals surface area contributed by atoms with Crippen LogP contribution in [0.1, 0.15) is 13.3 Å². The monoisotopic (exact) mass is 263 g/mol. The number of hydrogen-bond acceptors (Lipinski definition) is 4. The molecule has 0 aromatic heterocycles. The Balaban J connectivity index is 1.71. The lowest BCUT2D eigenvalue weighted by Crippen LogP contribution is -2.30. The molecule has 4 nitrogen and oxygen atoms in total. The van der Waals surface area contributed by atoms with Gasteiger partial charge in [0, 0.05) is 13.1 Å². The lowest BCUT2D eigenvalue weighted by molar-refractivity contribution is 0.230. The van der Waals surface area contributed by atoms with Crippen molar-refractivity contribution in [3.63, 3.8) is 0 Å². The number of ether oxygens (including phenoxy) is 1. The number of rotatable bonds is 7. The Bertz CT molecular complexity index is 413. The fourth-order valence-corrected chi connectivity index (χ4v) is 2.23. The van der Waals surface area contributed by atoms with E-state index >= 15 is 0 Å². The van der Waals surface area contributed by atoms with Gasteiger partial charge in [0.05, 0.1) is 0 Å². The highest BCUT2D eigenvalue weighted by Gasteiger charge is 2.32. The van der Waals surface area contributed by atoms with Gasteiger partial charge in [-0.1, -0.05) is 19.1 Å². The molecule has 0 amide bonds. The van der Waals surface area contributed by atoms with E-state index in [9.17, 15) is 0 Å². The minimum atomic E-state index is -1.44. The van der Waals surface area contributed by atoms with Crippen LogP contribution in [0.4, 0.5) is 0 Å². The van der Waals surface area contributed by atoms with Crippen LogP contribution in [0.25, 0.3) is 0 Å². The predicted octanol–water partition coefficient (Wildman–Crippen LogP) is 0.333. The molecule has 1 aromatic rings. The van der Waals surface area contributed by atoms with Crippen LogP contribution >= 0.6 is 0 Å². The first-order valence-corrected chi connectivity index (χ1v) is 6.83. The van der Waals surface area contributed by atoms with Crippen molar-refractivity contribution in [2.75, 3.05) is 26.7 Å². The van der Waals surface area contributed by atoms with Gasteiger partial charge in [-0.05, 0) is 42.9 Å². The predicted molar refractivity (Wildman–Crippen MR) is 76.5 cm³/mol. The zero-order chi connectivity index (χ0) is 13.8. The zero-order valence-corrected chi connectivity index (χ0v) is 11.6. The highest BCUT2D eigenvalue weighted by molar-refractivity contribution is 6.58. The number of likely N-dealkylation sites (N-methyl/N-ethyl adjacent to an activating group) is 1. The first-order valence-electron chi connectivity index (χ1n) is 6.83. The first kappa shape index (κ1) is 14.4. The zero-order valence-electron chi connectivity index (χ0n) is 11.6. The first-order chi connectivity index (χ1) is 9.06. The van der Waals surface area contributed by atoms with E-state index in [0.29, 0.717) is 17.8 Å². The summed E-state index contributed by atoms with van der Waals surface area (Å²) in [5.41, 5.74) is 0.456. The van der Waals surface area contributed by atoms with Crippen molar-refractivity contribution < 1.29 is 14.8 Å². The number of nitrogens with zero attached hydrogens (tertiary/aromatic N) is 1. The fraction of sp³-hybridized carbons (Fsp3) is 0.571. The maximum Gasteiger partial charge on any atom is 0.488 e. The Morgan fingerprint density at radius 3 is 2.79 bits per heavy atom. The van der Waals surface area contributed by atoms with E-state index in [1.165, 1.54) is 6.42 Å². The van der Waals surface area contributed by atoms with Crippen LogP contribution in [0.3, 0.4) is 0 Å². The summed E-state index contributed by atoms with van der Waals surface area (Å²) in [5, 5.41) is 18.2. The summed E-state index contributed by atoms with van der Waals surface area (Å²) in [4.78, 5) is 2.29. The van der Waals surface area contributed by atoms with E-state index in [2.05, 4.69) is 18.9 Å². The summed E-state index contributed by atoms with van der Waals surface area (Å²) >= 11 is 0. The normalized spacial score (nSPS) is 21.5. The standard InChI is InChI=1S/C14H22BNO3/c1-11-8-12(11)10-16(2)6-7-19-14-5-3-4-13(9-14)15(17)18/h3-5,9,11-12,17-18H,6-8,10H2,1-2H3. The Hall–Kier alpha value is -1.04. The Kier molecular flexibility index (Phi) is 4.85. The quantitative estimate of drug-likeness (QED) is 0.696. The van der Waals surface area contributed by atoms with E-state index in [0.717, 1.165) is 24.9 Å². The van der Waals surface area contributed by atoms with E-state index < -0.39 is 7.12 Å². The topological polar surface area (TPSA) is 52.9 Å². The largest absolute Gasteiger partial charge is 0.492 e. The molecule has 0 spiro atoms. The van der Waals surface area contributed by atoms with Gasteiger partial charge in [0.15, 0.2) is 0 Å². The van der Waals surface area contributed by atoms with Gasteiger partial charge >= 0.3 is 7.12 Å². The minimum Gasteiger partial charge on any atom is -0.492 e. The van der Waals surface area contributed by atoms with Crippen molar-refractivity contribution in [3.05, 3.63) is 24.3 Å². The van der Waals surface area contributed by atoms with Gasteiger partial charge in [-0.2, -0.15) is 0 Å². The van der Waals surface area contributed by atoms with E-state index in [1.807, 2.05) is 6.07 Å². The molecule has 2 atom stereocenters. The second-order valence-corrected chi connectivity index (χ2v) is 5.53. The SMILES string of the molecule is CC1CC1CN(C)CCOc1cccc(B(O)O)c1. The average molecular weight is 263 g/mol. The van der Waals surface area contributed by atoms with E-state index in [-0.39, 0.29) is 0 Å². The molecular weight excluding hydrogens is 241 g/mol. The molecule has 104 valence electrons. The van der Waals surface area contributed by atoms with Crippen molar-refractivity contribution in [2.45, 2.75) is 13.3 Å². The van der Waals surface area contributed by atoms with Gasteiger partial charge in [-0.25, -0.2) is 0 Å². The number of hydrogen-bond donors (Lipinski definition) is 2. The molecule has 1 aliphatic rings. The Morgan fingerprint density at radius 2 is 2.16 bits per heavy atom. The van der Waals surface area contributed by atoms with Crippen molar-refractivity contribution in [3.8, 4) is 5.75 Å². The van der Waals surface area contributed by atoms with E-state index in [1.54, 1.807) is 18.2 Å². The van der Waals surface area contributed by atoms with Crippen molar-refractivity contribution in [2.24, 2.45) is 11.8 Å². The molecule has 19 heavy (non-hydrogen) atoms. The van der Waals surface area contributed by atoms with Gasteiger partial charge in [0.25, 0.3) is 0 Å². The molecule has 1 aromatic carbocycles. The summed E-state index contributed by atoms with van der Waals surface area (Å²) in [5.74, 6) is 2.42. The van der Waals surface area contributed by atoms with Crippen molar-refractivity contribution >= 4 is 12.6 Å². The summed E-state index contributed by atoms with van der Waals surface area (Å²) in [6.45, 7) is 4.93. The van der Waals surface area contributed by atoms with Gasteiger partial charge in [0.2, 0.25) is 0 Å². The molecule has 2 unspecified atom stereocenters. The van der Waals surface area contributed by atoms with Crippen molar-refractivity contribution in [1.82, 2.24) is 4.90 Å². The minimum absolute atomic E-state index is 0.456. The smallest absolute Gasteiger partial charge is 0.488 e. The van der Waals surface area contributed by atoms with Gasteiger partial charge in [-0.15, -0.1) is 0 Å². The van der Waals surface area contributed by atoms with E-state index in [4.69, 9.17) is 14.8 Å². The molecule has 1 aliphatic carbocycles. The third-order valence-corrected chi connectivity index (χ3v) is 3.72. The molecular formula is C14H22BNO3. The highest BCUT2D eigenvalue weighted by Crippen LogP contribution is 2.37. The molecule has 0 radical (unpaired) electrons. The molecule has 1 fully saturated rings. The summed E-state index contributed by atoms with van der Waals surface area (Å²) < 4.78 is 5.63. The summed E-state index contributed by atoms with van der Waals surface area (Å²) in [7, 11) is 0.671. The van der Waals surface area contributed by atoms with Crippen LogP contribution in [-0.2, 0) is 0 Å². The third-order valence-electron chi connectivity index (χ3n) is 3.72. The maximum absolute atomic E-state index is 9.08. The lowest BCUT2D eigenvalue weighted by Gasteiger charge is -2.17. The van der Waals surface area contributed by atoms with Gasteiger partial charge in [-0.3, -0.25) is 0 Å².